The SMILES string of the molecule is COc1ncc(-c2ccc(N(C(=O)NCC(F)F)[C@H]3CC[C@H](Nc4ncc(C(F)(F)F)c(-n5ccnn5)n4)CC3)nc2)cn1. The van der Waals surface area contributed by atoms with E-state index in [9.17, 15) is 26.7 Å². The fourth-order valence-electron chi connectivity index (χ4n) is 4.78. The molecule has 0 aliphatic heterocycles. The van der Waals surface area contributed by atoms with Crippen molar-refractivity contribution in [2.75, 3.05) is 23.9 Å². The van der Waals surface area contributed by atoms with E-state index in [0.29, 0.717) is 43.0 Å². The number of carbonyl (C=O) groups excluding carboxylic acids is 1. The van der Waals surface area contributed by atoms with Crippen LogP contribution in [0.25, 0.3) is 16.9 Å². The molecule has 4 aromatic heterocycles. The first-order valence-electron chi connectivity index (χ1n) is 13.4. The van der Waals surface area contributed by atoms with Crippen LogP contribution in [0.5, 0.6) is 6.01 Å². The number of pyridine rings is 1. The fraction of sp³-hybridized carbons (Fsp3) is 0.385. The number of nitrogens with zero attached hydrogens (tertiary/aromatic N) is 9. The normalized spacial score (nSPS) is 16.9. The molecule has 18 heteroatoms. The van der Waals surface area contributed by atoms with Gasteiger partial charge in [-0.05, 0) is 37.8 Å². The van der Waals surface area contributed by atoms with Crippen molar-refractivity contribution in [3.8, 4) is 23.0 Å². The Morgan fingerprint density at radius 1 is 1.05 bits per heavy atom. The van der Waals surface area contributed by atoms with Gasteiger partial charge in [0.2, 0.25) is 5.95 Å². The van der Waals surface area contributed by atoms with Crippen LogP contribution in [0.15, 0.2) is 49.3 Å². The second-order valence-corrected chi connectivity index (χ2v) is 9.74. The van der Waals surface area contributed by atoms with Gasteiger partial charge in [-0.15, -0.1) is 5.10 Å². The van der Waals surface area contributed by atoms with Gasteiger partial charge < -0.3 is 15.4 Å². The van der Waals surface area contributed by atoms with Crippen molar-refractivity contribution < 1.29 is 31.5 Å². The highest BCUT2D eigenvalue weighted by atomic mass is 19.4. The minimum atomic E-state index is -4.71. The zero-order valence-electron chi connectivity index (χ0n) is 23.1. The van der Waals surface area contributed by atoms with Crippen molar-refractivity contribution in [1.29, 1.82) is 0 Å². The Bertz CT molecular complexity index is 1530. The second kappa shape index (κ2) is 13.1. The Morgan fingerprint density at radius 2 is 1.77 bits per heavy atom. The third-order valence-electron chi connectivity index (χ3n) is 6.87. The topological polar surface area (TPSA) is 149 Å². The van der Waals surface area contributed by atoms with E-state index in [1.165, 1.54) is 30.6 Å². The van der Waals surface area contributed by atoms with Crippen molar-refractivity contribution >= 4 is 17.8 Å². The third-order valence-corrected chi connectivity index (χ3v) is 6.87. The minimum absolute atomic E-state index is 0.0294. The number of ether oxygens (including phenoxy) is 1. The van der Waals surface area contributed by atoms with Gasteiger partial charge in [0.15, 0.2) is 5.82 Å². The van der Waals surface area contributed by atoms with Gasteiger partial charge in [0.1, 0.15) is 11.4 Å². The summed E-state index contributed by atoms with van der Waals surface area (Å²) < 4.78 is 72.3. The molecule has 0 spiro atoms. The van der Waals surface area contributed by atoms with Crippen molar-refractivity contribution in [3.05, 3.63) is 54.9 Å². The predicted octanol–water partition coefficient (Wildman–Crippen LogP) is 4.14. The van der Waals surface area contributed by atoms with E-state index in [1.54, 1.807) is 24.5 Å². The zero-order chi connectivity index (χ0) is 31.3. The predicted molar refractivity (Wildman–Crippen MR) is 145 cm³/mol. The van der Waals surface area contributed by atoms with E-state index in [4.69, 9.17) is 4.74 Å². The lowest BCUT2D eigenvalue weighted by molar-refractivity contribution is -0.138. The maximum absolute atomic E-state index is 13.5. The highest BCUT2D eigenvalue weighted by Crippen LogP contribution is 2.34. The summed E-state index contributed by atoms with van der Waals surface area (Å²) in [6.07, 6.45) is 2.17. The number of alkyl halides is 5. The number of carbonyl (C=O) groups is 1. The van der Waals surface area contributed by atoms with Crippen molar-refractivity contribution in [3.63, 3.8) is 0 Å². The molecular formula is C26H26F5N11O2. The highest BCUT2D eigenvalue weighted by molar-refractivity contribution is 5.91. The number of aromatic nitrogens is 8. The monoisotopic (exact) mass is 619 g/mol. The van der Waals surface area contributed by atoms with Crippen LogP contribution in [0.1, 0.15) is 31.2 Å². The summed E-state index contributed by atoms with van der Waals surface area (Å²) in [7, 11) is 1.45. The number of methoxy groups -OCH3 is 1. The first-order chi connectivity index (χ1) is 21.1. The summed E-state index contributed by atoms with van der Waals surface area (Å²) in [6, 6.07) is 2.16. The molecule has 1 aliphatic carbocycles. The van der Waals surface area contributed by atoms with Crippen LogP contribution in [0.2, 0.25) is 0 Å². The number of rotatable bonds is 9. The highest BCUT2D eigenvalue weighted by Gasteiger charge is 2.37. The summed E-state index contributed by atoms with van der Waals surface area (Å²) in [5, 5.41) is 12.5. The number of anilines is 2. The van der Waals surface area contributed by atoms with E-state index < -0.39 is 42.6 Å². The molecule has 1 fully saturated rings. The van der Waals surface area contributed by atoms with Gasteiger partial charge >= 0.3 is 18.2 Å². The summed E-state index contributed by atoms with van der Waals surface area (Å²) in [5.74, 6) is -0.244. The van der Waals surface area contributed by atoms with Crippen LogP contribution in [0.3, 0.4) is 0 Å². The van der Waals surface area contributed by atoms with Gasteiger partial charge in [-0.25, -0.2) is 38.2 Å². The maximum atomic E-state index is 13.5. The van der Waals surface area contributed by atoms with Crippen LogP contribution in [0.4, 0.5) is 38.5 Å². The lowest BCUT2D eigenvalue weighted by Crippen LogP contribution is -2.50. The third kappa shape index (κ3) is 7.12. The summed E-state index contributed by atoms with van der Waals surface area (Å²) in [4.78, 5) is 34.9. The molecule has 5 rings (SSSR count). The molecule has 2 N–H and O–H groups in total. The minimum Gasteiger partial charge on any atom is -0.467 e. The van der Waals surface area contributed by atoms with E-state index in [2.05, 4.69) is 45.9 Å². The quantitative estimate of drug-likeness (QED) is 0.262. The number of hydrogen-bond acceptors (Lipinski definition) is 10. The smallest absolute Gasteiger partial charge is 0.421 e. The van der Waals surface area contributed by atoms with Gasteiger partial charge in [0.05, 0.1) is 26.0 Å². The molecule has 1 aliphatic rings. The van der Waals surface area contributed by atoms with Gasteiger partial charge in [-0.3, -0.25) is 4.90 Å². The van der Waals surface area contributed by atoms with Gasteiger partial charge in [-0.2, -0.15) is 18.2 Å². The lowest BCUT2D eigenvalue weighted by atomic mass is 9.90. The van der Waals surface area contributed by atoms with Crippen LogP contribution in [-0.2, 0) is 6.18 Å². The fourth-order valence-corrected chi connectivity index (χ4v) is 4.78. The lowest BCUT2D eigenvalue weighted by Gasteiger charge is -2.36. The molecule has 44 heavy (non-hydrogen) atoms. The number of urea groups is 1. The number of nitrogens with one attached hydrogen (secondary N) is 2. The summed E-state index contributed by atoms with van der Waals surface area (Å²) in [6.45, 7) is -0.827. The maximum Gasteiger partial charge on any atom is 0.421 e. The average molecular weight is 620 g/mol. The zero-order valence-corrected chi connectivity index (χ0v) is 23.1. The Hall–Kier alpha value is -5.03. The van der Waals surface area contributed by atoms with E-state index in [0.717, 1.165) is 4.68 Å². The Kier molecular flexibility index (Phi) is 9.05. The van der Waals surface area contributed by atoms with Crippen LogP contribution in [0, 0.1) is 0 Å². The molecular weight excluding hydrogens is 593 g/mol. The molecule has 4 heterocycles. The summed E-state index contributed by atoms with van der Waals surface area (Å²) in [5.41, 5.74) is 0.252. The Balaban J connectivity index is 1.30. The molecule has 0 bridgehead atoms. The van der Waals surface area contributed by atoms with E-state index in [-0.39, 0.29) is 23.8 Å². The van der Waals surface area contributed by atoms with E-state index in [1.807, 2.05) is 0 Å². The van der Waals surface area contributed by atoms with Crippen LogP contribution in [-0.4, -0.2) is 78.1 Å². The van der Waals surface area contributed by atoms with Crippen molar-refractivity contribution in [2.45, 2.75) is 50.4 Å². The molecule has 0 saturated heterocycles. The van der Waals surface area contributed by atoms with Crippen molar-refractivity contribution in [2.24, 2.45) is 0 Å². The molecule has 4 aromatic rings. The molecule has 13 nitrogen and oxygen atoms in total. The molecule has 0 aromatic carbocycles. The molecule has 0 atom stereocenters. The second-order valence-electron chi connectivity index (χ2n) is 9.74. The van der Waals surface area contributed by atoms with Gasteiger partial charge in [0.25, 0.3) is 6.43 Å². The number of amides is 2. The van der Waals surface area contributed by atoms with Crippen molar-refractivity contribution in [1.82, 2.24) is 45.2 Å². The Labute approximate surface area is 246 Å². The average Bonchev–Trinajstić information content (AvgIpc) is 3.56. The molecule has 232 valence electrons. The first-order valence-corrected chi connectivity index (χ1v) is 13.4. The molecule has 1 saturated carbocycles. The van der Waals surface area contributed by atoms with Gasteiger partial charge in [0, 0.05) is 48.0 Å². The standard InChI is InChI=1S/C26H26F5N11O2/c1-44-24-34-11-16(12-35-24)15-2-7-21(32-10-15)42(25(43)36-14-20(27)28)18-5-3-17(4-6-18)38-23-33-13-19(26(29,30)31)22(39-23)41-9-8-37-40-41/h2,7-13,17-18,20H,3-6,14H2,1H3,(H,36,43)(H,33,38,39)/t17-,18-. The summed E-state index contributed by atoms with van der Waals surface area (Å²) >= 11 is 0. The van der Waals surface area contributed by atoms with Crippen LogP contribution < -0.4 is 20.3 Å². The molecule has 0 radical (unpaired) electrons. The van der Waals surface area contributed by atoms with E-state index >= 15 is 0 Å². The first kappa shape index (κ1) is 30.4. The van der Waals surface area contributed by atoms with Crippen LogP contribution >= 0.6 is 0 Å². The van der Waals surface area contributed by atoms with Gasteiger partial charge in [-0.1, -0.05) is 5.21 Å². The molecule has 0 unspecified atom stereocenters. The Morgan fingerprint density at radius 3 is 2.36 bits per heavy atom. The number of hydrogen-bond donors (Lipinski definition) is 2. The number of halogens is 5. The largest absolute Gasteiger partial charge is 0.467 e. The molecule has 2 amide bonds.